The fourth-order valence-electron chi connectivity index (χ4n) is 2.39. The van der Waals surface area contributed by atoms with Gasteiger partial charge in [-0.05, 0) is 49.2 Å². The topological polar surface area (TPSA) is 93.7 Å². The molecule has 0 aliphatic heterocycles. The Morgan fingerprint density at radius 2 is 1.65 bits per heavy atom. The van der Waals surface area contributed by atoms with Crippen LogP contribution < -0.4 is 19.5 Å². The quantitative estimate of drug-likeness (QED) is 0.774. The first kappa shape index (κ1) is 18.2. The molecule has 1 fully saturated rings. The van der Waals surface area contributed by atoms with E-state index in [-0.39, 0.29) is 16.8 Å². The molecule has 1 amide bonds. The molecule has 0 heterocycles. The zero-order valence-corrected chi connectivity index (χ0v) is 15.3. The fourth-order valence-corrected chi connectivity index (χ4v) is 3.70. The maximum absolute atomic E-state index is 12.4. The third kappa shape index (κ3) is 4.14. The summed E-state index contributed by atoms with van der Waals surface area (Å²) in [5, 5.41) is 2.75. The Morgan fingerprint density at radius 3 is 2.23 bits per heavy atom. The van der Waals surface area contributed by atoms with Crippen molar-refractivity contribution in [3.8, 4) is 11.5 Å². The second kappa shape index (κ2) is 7.35. The molecule has 0 atom stereocenters. The maximum atomic E-state index is 12.4. The lowest BCUT2D eigenvalue weighted by Gasteiger charge is -2.11. The minimum absolute atomic E-state index is 0.0352. The van der Waals surface area contributed by atoms with Crippen molar-refractivity contribution in [2.75, 3.05) is 19.5 Å². The van der Waals surface area contributed by atoms with Gasteiger partial charge in [0, 0.05) is 23.4 Å². The van der Waals surface area contributed by atoms with Gasteiger partial charge in [-0.25, -0.2) is 13.1 Å². The molecule has 0 radical (unpaired) electrons. The molecule has 0 unspecified atom stereocenters. The summed E-state index contributed by atoms with van der Waals surface area (Å²) in [6, 6.07) is 10.9. The standard InChI is InChI=1S/C18H20N2O5S/c1-24-16-10-7-14(11-17(16)25-2)19-18(21)12-3-8-15(9-4-12)26(22,23)20-13-5-6-13/h3-4,7-11,13,20H,5-6H2,1-2H3,(H,19,21). The number of rotatable bonds is 7. The monoisotopic (exact) mass is 376 g/mol. The lowest BCUT2D eigenvalue weighted by atomic mass is 10.2. The largest absolute Gasteiger partial charge is 0.493 e. The summed E-state index contributed by atoms with van der Waals surface area (Å²) in [6.45, 7) is 0. The van der Waals surface area contributed by atoms with Crippen LogP contribution in [0, 0.1) is 0 Å². The number of ether oxygens (including phenoxy) is 2. The molecule has 0 saturated heterocycles. The molecular formula is C18H20N2O5S. The average molecular weight is 376 g/mol. The predicted octanol–water partition coefficient (Wildman–Crippen LogP) is 2.40. The van der Waals surface area contributed by atoms with Gasteiger partial charge < -0.3 is 14.8 Å². The Bertz CT molecular complexity index is 906. The van der Waals surface area contributed by atoms with E-state index in [1.165, 1.54) is 38.5 Å². The van der Waals surface area contributed by atoms with Gasteiger partial charge >= 0.3 is 0 Å². The normalized spacial score (nSPS) is 13.9. The number of carbonyl (C=O) groups excluding carboxylic acids is 1. The molecule has 0 aromatic heterocycles. The highest BCUT2D eigenvalue weighted by molar-refractivity contribution is 7.89. The van der Waals surface area contributed by atoms with Crippen molar-refractivity contribution in [1.29, 1.82) is 0 Å². The van der Waals surface area contributed by atoms with E-state index >= 15 is 0 Å². The zero-order chi connectivity index (χ0) is 18.7. The van der Waals surface area contributed by atoms with E-state index in [1.807, 2.05) is 0 Å². The number of nitrogens with one attached hydrogen (secondary N) is 2. The second-order valence-electron chi connectivity index (χ2n) is 5.94. The Hall–Kier alpha value is -2.58. The second-order valence-corrected chi connectivity index (χ2v) is 7.66. The summed E-state index contributed by atoms with van der Waals surface area (Å²) in [7, 11) is -0.483. The van der Waals surface area contributed by atoms with E-state index in [2.05, 4.69) is 10.0 Å². The van der Waals surface area contributed by atoms with E-state index in [4.69, 9.17) is 9.47 Å². The highest BCUT2D eigenvalue weighted by Crippen LogP contribution is 2.30. The molecule has 1 aliphatic carbocycles. The minimum atomic E-state index is -3.53. The smallest absolute Gasteiger partial charge is 0.255 e. The summed E-state index contributed by atoms with van der Waals surface area (Å²) < 4.78 is 37.3. The van der Waals surface area contributed by atoms with Crippen molar-refractivity contribution in [1.82, 2.24) is 4.72 Å². The van der Waals surface area contributed by atoms with Gasteiger partial charge in [-0.3, -0.25) is 4.79 Å². The van der Waals surface area contributed by atoms with Gasteiger partial charge in [-0.2, -0.15) is 0 Å². The number of anilines is 1. The van der Waals surface area contributed by atoms with Gasteiger partial charge in [0.2, 0.25) is 10.0 Å². The first-order valence-electron chi connectivity index (χ1n) is 8.09. The van der Waals surface area contributed by atoms with Crippen LogP contribution in [0.5, 0.6) is 11.5 Å². The van der Waals surface area contributed by atoms with Crippen LogP contribution in [0.3, 0.4) is 0 Å². The molecule has 26 heavy (non-hydrogen) atoms. The lowest BCUT2D eigenvalue weighted by Crippen LogP contribution is -2.25. The Balaban J connectivity index is 1.72. The number of sulfonamides is 1. The molecule has 1 aliphatic rings. The number of methoxy groups -OCH3 is 2. The highest BCUT2D eigenvalue weighted by atomic mass is 32.2. The minimum Gasteiger partial charge on any atom is -0.493 e. The zero-order valence-electron chi connectivity index (χ0n) is 14.5. The van der Waals surface area contributed by atoms with E-state index in [0.29, 0.717) is 22.7 Å². The van der Waals surface area contributed by atoms with E-state index in [9.17, 15) is 13.2 Å². The van der Waals surface area contributed by atoms with Crippen molar-refractivity contribution in [3.63, 3.8) is 0 Å². The van der Waals surface area contributed by atoms with Crippen molar-refractivity contribution in [2.45, 2.75) is 23.8 Å². The van der Waals surface area contributed by atoms with Crippen LogP contribution in [-0.4, -0.2) is 34.6 Å². The van der Waals surface area contributed by atoms with Gasteiger partial charge in [0.25, 0.3) is 5.91 Å². The molecule has 2 N–H and O–H groups in total. The highest BCUT2D eigenvalue weighted by Gasteiger charge is 2.27. The molecule has 0 bridgehead atoms. The summed E-state index contributed by atoms with van der Waals surface area (Å²) in [5.41, 5.74) is 0.893. The van der Waals surface area contributed by atoms with Gasteiger partial charge in [0.15, 0.2) is 11.5 Å². The molecule has 2 aromatic carbocycles. The number of hydrogen-bond donors (Lipinski definition) is 2. The first-order valence-corrected chi connectivity index (χ1v) is 9.57. The number of benzene rings is 2. The molecule has 8 heteroatoms. The Labute approximate surface area is 152 Å². The van der Waals surface area contributed by atoms with Crippen molar-refractivity contribution >= 4 is 21.6 Å². The molecule has 138 valence electrons. The summed E-state index contributed by atoms with van der Waals surface area (Å²) in [4.78, 5) is 12.5. The maximum Gasteiger partial charge on any atom is 0.255 e. The molecular weight excluding hydrogens is 356 g/mol. The van der Waals surface area contributed by atoms with Gasteiger partial charge in [0.05, 0.1) is 19.1 Å². The first-order chi connectivity index (χ1) is 12.4. The van der Waals surface area contributed by atoms with Gasteiger partial charge in [0.1, 0.15) is 0 Å². The van der Waals surface area contributed by atoms with E-state index < -0.39 is 10.0 Å². The molecule has 1 saturated carbocycles. The fraction of sp³-hybridized carbons (Fsp3) is 0.278. The van der Waals surface area contributed by atoms with Crippen LogP contribution in [0.2, 0.25) is 0 Å². The van der Waals surface area contributed by atoms with E-state index in [0.717, 1.165) is 12.8 Å². The van der Waals surface area contributed by atoms with E-state index in [1.54, 1.807) is 18.2 Å². The average Bonchev–Trinajstić information content (AvgIpc) is 3.45. The lowest BCUT2D eigenvalue weighted by molar-refractivity contribution is 0.102. The SMILES string of the molecule is COc1ccc(NC(=O)c2ccc(S(=O)(=O)NC3CC3)cc2)cc1OC. The summed E-state index contributed by atoms with van der Waals surface area (Å²) >= 11 is 0. The summed E-state index contributed by atoms with van der Waals surface area (Å²) in [5.74, 6) is 0.706. The van der Waals surface area contributed by atoms with Crippen LogP contribution in [-0.2, 0) is 10.0 Å². The Morgan fingerprint density at radius 1 is 1.00 bits per heavy atom. The third-order valence-electron chi connectivity index (χ3n) is 3.97. The van der Waals surface area contributed by atoms with Crippen LogP contribution in [0.15, 0.2) is 47.4 Å². The van der Waals surface area contributed by atoms with Gasteiger partial charge in [-0.1, -0.05) is 0 Å². The molecule has 3 rings (SSSR count). The van der Waals surface area contributed by atoms with Crippen molar-refractivity contribution < 1.29 is 22.7 Å². The van der Waals surface area contributed by atoms with Crippen LogP contribution in [0.4, 0.5) is 5.69 Å². The van der Waals surface area contributed by atoms with Crippen LogP contribution >= 0.6 is 0 Å². The number of amides is 1. The third-order valence-corrected chi connectivity index (χ3v) is 5.50. The number of hydrogen-bond acceptors (Lipinski definition) is 5. The number of carbonyl (C=O) groups is 1. The summed E-state index contributed by atoms with van der Waals surface area (Å²) in [6.07, 6.45) is 1.73. The van der Waals surface area contributed by atoms with Crippen molar-refractivity contribution in [3.05, 3.63) is 48.0 Å². The molecule has 2 aromatic rings. The molecule has 7 nitrogen and oxygen atoms in total. The van der Waals surface area contributed by atoms with Crippen molar-refractivity contribution in [2.24, 2.45) is 0 Å². The van der Waals surface area contributed by atoms with Gasteiger partial charge in [-0.15, -0.1) is 0 Å². The Kier molecular flexibility index (Phi) is 5.15. The van der Waals surface area contributed by atoms with Crippen LogP contribution in [0.1, 0.15) is 23.2 Å². The predicted molar refractivity (Wildman–Crippen MR) is 97.3 cm³/mol. The van der Waals surface area contributed by atoms with Crippen LogP contribution in [0.25, 0.3) is 0 Å². The molecule has 0 spiro atoms.